The normalized spacial score (nSPS) is 11.6. The SMILES string of the molecule is NNc1cccc(NCC(F)(F)C(F)F)n1. The van der Waals surface area contributed by atoms with Crippen LogP contribution in [0.25, 0.3) is 0 Å². The van der Waals surface area contributed by atoms with E-state index < -0.39 is 18.9 Å². The van der Waals surface area contributed by atoms with Crippen LogP contribution in [0.5, 0.6) is 0 Å². The maximum absolute atomic E-state index is 12.5. The summed E-state index contributed by atoms with van der Waals surface area (Å²) in [6.45, 7) is -1.19. The number of alkyl halides is 4. The van der Waals surface area contributed by atoms with Gasteiger partial charge in [0.2, 0.25) is 0 Å². The van der Waals surface area contributed by atoms with Crippen molar-refractivity contribution in [3.05, 3.63) is 18.2 Å². The minimum Gasteiger partial charge on any atom is -0.364 e. The van der Waals surface area contributed by atoms with E-state index in [-0.39, 0.29) is 11.6 Å². The van der Waals surface area contributed by atoms with Gasteiger partial charge in [0.15, 0.2) is 0 Å². The standard InChI is InChI=1S/C8H10F4N4/c9-7(10)8(11,12)4-14-5-2-1-3-6(15-5)16-13/h1-3,7H,4,13H2,(H2,14,15,16). The number of hydrazine groups is 1. The highest BCUT2D eigenvalue weighted by atomic mass is 19.3. The lowest BCUT2D eigenvalue weighted by atomic mass is 10.3. The Morgan fingerprint density at radius 2 is 1.94 bits per heavy atom. The molecule has 0 spiro atoms. The molecule has 0 atom stereocenters. The Morgan fingerprint density at radius 3 is 2.50 bits per heavy atom. The van der Waals surface area contributed by atoms with Crippen molar-refractivity contribution >= 4 is 11.6 Å². The lowest BCUT2D eigenvalue weighted by molar-refractivity contribution is -0.117. The van der Waals surface area contributed by atoms with Crippen molar-refractivity contribution in [2.24, 2.45) is 5.84 Å². The molecule has 0 aromatic carbocycles. The van der Waals surface area contributed by atoms with E-state index in [0.717, 1.165) is 0 Å². The quantitative estimate of drug-likeness (QED) is 0.415. The summed E-state index contributed by atoms with van der Waals surface area (Å²) in [6.07, 6.45) is -3.71. The van der Waals surface area contributed by atoms with Gasteiger partial charge >= 0.3 is 12.3 Å². The Labute approximate surface area is 88.8 Å². The molecule has 8 heteroatoms. The van der Waals surface area contributed by atoms with Gasteiger partial charge in [-0.1, -0.05) is 6.07 Å². The first-order chi connectivity index (χ1) is 7.45. The zero-order chi connectivity index (χ0) is 12.2. The Morgan fingerprint density at radius 1 is 1.31 bits per heavy atom. The van der Waals surface area contributed by atoms with Crippen molar-refractivity contribution in [2.75, 3.05) is 17.3 Å². The van der Waals surface area contributed by atoms with Gasteiger partial charge in [-0.05, 0) is 12.1 Å². The van der Waals surface area contributed by atoms with Crippen molar-refractivity contribution in [2.45, 2.75) is 12.3 Å². The van der Waals surface area contributed by atoms with Crippen LogP contribution in [-0.4, -0.2) is 23.9 Å². The molecule has 0 aliphatic carbocycles. The number of nitrogens with two attached hydrogens (primary N) is 1. The molecule has 0 radical (unpaired) electrons. The number of nitrogen functional groups attached to an aromatic ring is 1. The number of aromatic nitrogens is 1. The van der Waals surface area contributed by atoms with Gasteiger partial charge in [0.25, 0.3) is 0 Å². The molecular weight excluding hydrogens is 228 g/mol. The summed E-state index contributed by atoms with van der Waals surface area (Å²) in [5.74, 6) is 1.23. The topological polar surface area (TPSA) is 63.0 Å². The molecule has 4 nitrogen and oxygen atoms in total. The molecule has 0 amide bonds. The molecule has 0 saturated heterocycles. The van der Waals surface area contributed by atoms with Crippen LogP contribution in [0.2, 0.25) is 0 Å². The third-order valence-electron chi connectivity index (χ3n) is 1.72. The second-order valence-corrected chi connectivity index (χ2v) is 2.97. The zero-order valence-corrected chi connectivity index (χ0v) is 8.05. The van der Waals surface area contributed by atoms with E-state index in [9.17, 15) is 17.6 Å². The smallest absolute Gasteiger partial charge is 0.324 e. The molecule has 1 rings (SSSR count). The molecule has 0 aliphatic heterocycles. The second-order valence-electron chi connectivity index (χ2n) is 2.97. The molecule has 0 fully saturated rings. The van der Waals surface area contributed by atoms with E-state index in [1.807, 2.05) is 0 Å². The fourth-order valence-electron chi connectivity index (χ4n) is 0.899. The predicted octanol–water partition coefficient (Wildman–Crippen LogP) is 1.68. The molecule has 0 saturated carbocycles. The van der Waals surface area contributed by atoms with Gasteiger partial charge < -0.3 is 10.7 Å². The number of hydrogen-bond acceptors (Lipinski definition) is 4. The number of nitrogens with zero attached hydrogens (tertiary/aromatic N) is 1. The van der Waals surface area contributed by atoms with Gasteiger partial charge in [-0.15, -0.1) is 0 Å². The van der Waals surface area contributed by atoms with Gasteiger partial charge in [0, 0.05) is 0 Å². The summed E-state index contributed by atoms with van der Waals surface area (Å²) in [6, 6.07) is 4.35. The Balaban J connectivity index is 2.60. The third kappa shape index (κ3) is 3.23. The highest BCUT2D eigenvalue weighted by Gasteiger charge is 2.40. The summed E-state index contributed by atoms with van der Waals surface area (Å²) < 4.78 is 48.7. The molecular formula is C8H10F4N4. The lowest BCUT2D eigenvalue weighted by Crippen LogP contribution is -2.35. The van der Waals surface area contributed by atoms with Gasteiger partial charge in [0.1, 0.15) is 11.6 Å². The minimum absolute atomic E-state index is 0.0378. The van der Waals surface area contributed by atoms with Gasteiger partial charge in [-0.3, -0.25) is 0 Å². The van der Waals surface area contributed by atoms with E-state index in [1.54, 1.807) is 0 Å². The first-order valence-electron chi connectivity index (χ1n) is 4.29. The number of hydrogen-bond donors (Lipinski definition) is 3. The summed E-state index contributed by atoms with van der Waals surface area (Å²) in [5.41, 5.74) is 2.20. The molecule has 1 aromatic heterocycles. The number of pyridine rings is 1. The predicted molar refractivity (Wildman–Crippen MR) is 51.5 cm³/mol. The van der Waals surface area contributed by atoms with Crippen LogP contribution in [0.15, 0.2) is 18.2 Å². The Hall–Kier alpha value is -1.57. The van der Waals surface area contributed by atoms with Crippen LogP contribution >= 0.6 is 0 Å². The van der Waals surface area contributed by atoms with Crippen LogP contribution in [0.3, 0.4) is 0 Å². The molecule has 4 N–H and O–H groups in total. The maximum atomic E-state index is 12.5. The average molecular weight is 238 g/mol. The van der Waals surface area contributed by atoms with Crippen LogP contribution in [0.1, 0.15) is 0 Å². The number of nitrogens with one attached hydrogen (secondary N) is 2. The second kappa shape index (κ2) is 4.97. The van der Waals surface area contributed by atoms with Crippen molar-refractivity contribution in [3.8, 4) is 0 Å². The van der Waals surface area contributed by atoms with Crippen LogP contribution < -0.4 is 16.6 Å². The number of anilines is 2. The molecule has 1 heterocycles. The molecule has 90 valence electrons. The Kier molecular flexibility index (Phi) is 3.88. The van der Waals surface area contributed by atoms with E-state index in [0.29, 0.717) is 0 Å². The van der Waals surface area contributed by atoms with E-state index in [2.05, 4.69) is 15.7 Å². The molecule has 0 aliphatic rings. The van der Waals surface area contributed by atoms with Crippen LogP contribution in [0.4, 0.5) is 29.2 Å². The summed E-state index contributed by atoms with van der Waals surface area (Å²) >= 11 is 0. The Bertz CT molecular complexity index is 345. The van der Waals surface area contributed by atoms with Crippen LogP contribution in [0, 0.1) is 0 Å². The van der Waals surface area contributed by atoms with Gasteiger partial charge in [0.05, 0.1) is 6.54 Å². The summed E-state index contributed by atoms with van der Waals surface area (Å²) in [4.78, 5) is 3.73. The zero-order valence-electron chi connectivity index (χ0n) is 8.05. The number of rotatable bonds is 5. The van der Waals surface area contributed by atoms with Crippen molar-refractivity contribution in [1.82, 2.24) is 4.98 Å². The molecule has 0 unspecified atom stereocenters. The fraction of sp³-hybridized carbons (Fsp3) is 0.375. The van der Waals surface area contributed by atoms with E-state index in [4.69, 9.17) is 5.84 Å². The van der Waals surface area contributed by atoms with Crippen molar-refractivity contribution in [3.63, 3.8) is 0 Å². The first-order valence-corrected chi connectivity index (χ1v) is 4.29. The first kappa shape index (κ1) is 12.5. The lowest BCUT2D eigenvalue weighted by Gasteiger charge is -2.16. The highest BCUT2D eigenvalue weighted by molar-refractivity contribution is 5.44. The van der Waals surface area contributed by atoms with E-state index in [1.165, 1.54) is 18.2 Å². The monoisotopic (exact) mass is 238 g/mol. The largest absolute Gasteiger partial charge is 0.364 e. The average Bonchev–Trinajstić information content (AvgIpc) is 2.26. The van der Waals surface area contributed by atoms with Gasteiger partial charge in [-0.25, -0.2) is 19.6 Å². The molecule has 1 aromatic rings. The van der Waals surface area contributed by atoms with Crippen molar-refractivity contribution in [1.29, 1.82) is 0 Å². The molecule has 16 heavy (non-hydrogen) atoms. The van der Waals surface area contributed by atoms with Gasteiger partial charge in [-0.2, -0.15) is 8.78 Å². The van der Waals surface area contributed by atoms with Crippen LogP contribution in [-0.2, 0) is 0 Å². The summed E-state index contributed by atoms with van der Waals surface area (Å²) in [5, 5.41) is 2.10. The highest BCUT2D eigenvalue weighted by Crippen LogP contribution is 2.23. The maximum Gasteiger partial charge on any atom is 0.324 e. The van der Waals surface area contributed by atoms with Crippen molar-refractivity contribution < 1.29 is 17.6 Å². The number of halogens is 4. The third-order valence-corrected chi connectivity index (χ3v) is 1.72. The fourth-order valence-corrected chi connectivity index (χ4v) is 0.899. The molecule has 0 bridgehead atoms. The minimum atomic E-state index is -4.09. The summed E-state index contributed by atoms with van der Waals surface area (Å²) in [7, 11) is 0. The van der Waals surface area contributed by atoms with E-state index >= 15 is 0 Å².